The Labute approximate surface area is 116 Å². The van der Waals surface area contributed by atoms with Crippen LogP contribution >= 0.6 is 0 Å². The van der Waals surface area contributed by atoms with Gasteiger partial charge in [-0.3, -0.25) is 0 Å². The maximum Gasteiger partial charge on any atom is 0.335 e. The lowest BCUT2D eigenvalue weighted by atomic mass is 10.1. The summed E-state index contributed by atoms with van der Waals surface area (Å²) in [6, 6.07) is 14.3. The van der Waals surface area contributed by atoms with E-state index in [-0.39, 0.29) is 11.7 Å². The van der Waals surface area contributed by atoms with Crippen molar-refractivity contribution in [2.75, 3.05) is 6.61 Å². The third kappa shape index (κ3) is 2.59. The zero-order valence-corrected chi connectivity index (χ0v) is 10.8. The van der Waals surface area contributed by atoms with E-state index in [0.29, 0.717) is 12.4 Å². The minimum Gasteiger partial charge on any atom is -0.490 e. The summed E-state index contributed by atoms with van der Waals surface area (Å²) < 4.78 is 11.4. The Morgan fingerprint density at radius 2 is 1.95 bits per heavy atom. The molecule has 0 bridgehead atoms. The van der Waals surface area contributed by atoms with Crippen molar-refractivity contribution in [2.24, 2.45) is 0 Å². The summed E-state index contributed by atoms with van der Waals surface area (Å²) in [6.45, 7) is 0.446. The van der Waals surface area contributed by atoms with Crippen molar-refractivity contribution in [3.8, 4) is 11.5 Å². The fourth-order valence-corrected chi connectivity index (χ4v) is 2.23. The molecule has 3 rings (SSSR count). The Morgan fingerprint density at radius 1 is 1.20 bits per heavy atom. The van der Waals surface area contributed by atoms with Crippen molar-refractivity contribution in [3.63, 3.8) is 0 Å². The van der Waals surface area contributed by atoms with Crippen molar-refractivity contribution in [3.05, 3.63) is 59.7 Å². The predicted molar refractivity (Wildman–Crippen MR) is 73.5 cm³/mol. The van der Waals surface area contributed by atoms with Crippen LogP contribution < -0.4 is 9.47 Å². The monoisotopic (exact) mass is 270 g/mol. The lowest BCUT2D eigenvalue weighted by molar-refractivity contribution is 0.0696. The van der Waals surface area contributed by atoms with Crippen LogP contribution in [0, 0.1) is 0 Å². The molecule has 0 saturated carbocycles. The molecule has 2 aromatic carbocycles. The molecule has 0 saturated heterocycles. The second-order valence-corrected chi connectivity index (χ2v) is 4.69. The van der Waals surface area contributed by atoms with Crippen molar-refractivity contribution in [1.82, 2.24) is 0 Å². The SMILES string of the molecule is O=C(O)c1ccc(OCC2Cc3ccccc3O2)cc1. The second-order valence-electron chi connectivity index (χ2n) is 4.69. The highest BCUT2D eigenvalue weighted by molar-refractivity contribution is 5.87. The van der Waals surface area contributed by atoms with E-state index in [9.17, 15) is 4.79 Å². The maximum absolute atomic E-state index is 10.7. The summed E-state index contributed by atoms with van der Waals surface area (Å²) in [6.07, 6.45) is 0.843. The summed E-state index contributed by atoms with van der Waals surface area (Å²) in [5.74, 6) is 0.628. The third-order valence-corrected chi connectivity index (χ3v) is 3.25. The Bertz CT molecular complexity index is 594. The van der Waals surface area contributed by atoms with Crippen LogP contribution in [0.4, 0.5) is 0 Å². The first-order valence-corrected chi connectivity index (χ1v) is 6.43. The highest BCUT2D eigenvalue weighted by Crippen LogP contribution is 2.28. The third-order valence-electron chi connectivity index (χ3n) is 3.25. The predicted octanol–water partition coefficient (Wildman–Crippen LogP) is 2.77. The number of hydrogen-bond acceptors (Lipinski definition) is 3. The molecule has 0 amide bonds. The lowest BCUT2D eigenvalue weighted by Gasteiger charge is -2.12. The number of benzene rings is 2. The van der Waals surface area contributed by atoms with Crippen molar-refractivity contribution < 1.29 is 19.4 Å². The molecule has 0 radical (unpaired) electrons. The quantitative estimate of drug-likeness (QED) is 0.928. The minimum atomic E-state index is -0.939. The normalized spacial score (nSPS) is 16.3. The van der Waals surface area contributed by atoms with E-state index in [4.69, 9.17) is 14.6 Å². The number of carboxylic acid groups (broad SMARTS) is 1. The van der Waals surface area contributed by atoms with Gasteiger partial charge in [0, 0.05) is 6.42 Å². The van der Waals surface area contributed by atoms with Crippen LogP contribution in [0.25, 0.3) is 0 Å². The van der Waals surface area contributed by atoms with Gasteiger partial charge in [-0.1, -0.05) is 18.2 Å². The first kappa shape index (κ1) is 12.5. The largest absolute Gasteiger partial charge is 0.490 e. The number of hydrogen-bond donors (Lipinski definition) is 1. The van der Waals surface area contributed by atoms with Gasteiger partial charge in [-0.2, -0.15) is 0 Å². The average Bonchev–Trinajstić information content (AvgIpc) is 2.88. The van der Waals surface area contributed by atoms with Gasteiger partial charge in [-0.05, 0) is 35.9 Å². The number of fused-ring (bicyclic) bond motifs is 1. The van der Waals surface area contributed by atoms with E-state index in [1.807, 2.05) is 18.2 Å². The molecule has 1 heterocycles. The highest BCUT2D eigenvalue weighted by atomic mass is 16.5. The molecule has 4 nitrogen and oxygen atoms in total. The van der Waals surface area contributed by atoms with Crippen molar-refractivity contribution >= 4 is 5.97 Å². The van der Waals surface area contributed by atoms with Gasteiger partial charge in [0.1, 0.15) is 24.2 Å². The standard InChI is InChI=1S/C16H14O4/c17-16(18)11-5-7-13(8-6-11)19-10-14-9-12-3-1-2-4-15(12)20-14/h1-8,14H,9-10H2,(H,17,18). The number of para-hydroxylation sites is 1. The molecular weight excluding hydrogens is 256 g/mol. The van der Waals surface area contributed by atoms with E-state index in [1.165, 1.54) is 17.7 Å². The molecule has 4 heteroatoms. The molecule has 102 valence electrons. The smallest absolute Gasteiger partial charge is 0.335 e. The molecule has 1 N–H and O–H groups in total. The van der Waals surface area contributed by atoms with Gasteiger partial charge in [0.05, 0.1) is 5.56 Å². The topological polar surface area (TPSA) is 55.8 Å². The van der Waals surface area contributed by atoms with E-state index in [1.54, 1.807) is 12.1 Å². The van der Waals surface area contributed by atoms with E-state index < -0.39 is 5.97 Å². The molecule has 20 heavy (non-hydrogen) atoms. The summed E-state index contributed by atoms with van der Waals surface area (Å²) in [5.41, 5.74) is 1.45. The number of carbonyl (C=O) groups is 1. The van der Waals surface area contributed by atoms with Gasteiger partial charge in [0.2, 0.25) is 0 Å². The van der Waals surface area contributed by atoms with E-state index in [0.717, 1.165) is 12.2 Å². The molecule has 0 fully saturated rings. The molecule has 0 aliphatic carbocycles. The number of rotatable bonds is 4. The highest BCUT2D eigenvalue weighted by Gasteiger charge is 2.22. The first-order valence-electron chi connectivity index (χ1n) is 6.43. The molecule has 0 spiro atoms. The van der Waals surface area contributed by atoms with Gasteiger partial charge in [-0.25, -0.2) is 4.79 Å². The van der Waals surface area contributed by atoms with Gasteiger partial charge in [0.15, 0.2) is 0 Å². The van der Waals surface area contributed by atoms with Crippen molar-refractivity contribution in [2.45, 2.75) is 12.5 Å². The van der Waals surface area contributed by atoms with Crippen LogP contribution in [-0.2, 0) is 6.42 Å². The van der Waals surface area contributed by atoms with Crippen LogP contribution in [0.1, 0.15) is 15.9 Å². The second kappa shape index (κ2) is 5.25. The maximum atomic E-state index is 10.7. The van der Waals surface area contributed by atoms with Crippen LogP contribution in [0.5, 0.6) is 11.5 Å². The molecule has 1 unspecified atom stereocenters. The van der Waals surface area contributed by atoms with Crippen molar-refractivity contribution in [1.29, 1.82) is 0 Å². The summed E-state index contributed by atoms with van der Waals surface area (Å²) in [7, 11) is 0. The Balaban J connectivity index is 1.57. The summed E-state index contributed by atoms with van der Waals surface area (Å²) in [4.78, 5) is 10.7. The fraction of sp³-hybridized carbons (Fsp3) is 0.188. The molecule has 1 aliphatic rings. The molecule has 0 aromatic heterocycles. The fourth-order valence-electron chi connectivity index (χ4n) is 2.23. The average molecular weight is 270 g/mol. The Hall–Kier alpha value is -2.49. The first-order chi connectivity index (χ1) is 9.72. The Morgan fingerprint density at radius 3 is 2.65 bits per heavy atom. The number of carboxylic acids is 1. The number of aromatic carboxylic acids is 1. The van der Waals surface area contributed by atoms with E-state index >= 15 is 0 Å². The zero-order valence-electron chi connectivity index (χ0n) is 10.8. The van der Waals surface area contributed by atoms with Crippen LogP contribution in [-0.4, -0.2) is 23.8 Å². The molecule has 1 aliphatic heterocycles. The van der Waals surface area contributed by atoms with Crippen LogP contribution in [0.3, 0.4) is 0 Å². The molecule has 2 aromatic rings. The van der Waals surface area contributed by atoms with E-state index in [2.05, 4.69) is 6.07 Å². The van der Waals surface area contributed by atoms with Gasteiger partial charge >= 0.3 is 5.97 Å². The minimum absolute atomic E-state index is 0.00607. The van der Waals surface area contributed by atoms with Gasteiger partial charge < -0.3 is 14.6 Å². The van der Waals surface area contributed by atoms with Gasteiger partial charge in [-0.15, -0.1) is 0 Å². The Kier molecular flexibility index (Phi) is 3.29. The summed E-state index contributed by atoms with van der Waals surface area (Å²) in [5, 5.41) is 8.82. The number of ether oxygens (including phenoxy) is 2. The van der Waals surface area contributed by atoms with Crippen LogP contribution in [0.15, 0.2) is 48.5 Å². The molecule has 1 atom stereocenters. The summed E-state index contributed by atoms with van der Waals surface area (Å²) >= 11 is 0. The van der Waals surface area contributed by atoms with Gasteiger partial charge in [0.25, 0.3) is 0 Å². The zero-order chi connectivity index (χ0) is 13.9. The van der Waals surface area contributed by atoms with Crippen LogP contribution in [0.2, 0.25) is 0 Å². The molecular formula is C16H14O4. The lowest BCUT2D eigenvalue weighted by Crippen LogP contribution is -2.22.